The zero-order valence-corrected chi connectivity index (χ0v) is 18.5. The smallest absolute Gasteiger partial charge is 0.149 e. The van der Waals surface area contributed by atoms with Crippen molar-refractivity contribution in [2.75, 3.05) is 26.2 Å². The number of aromatic amines is 1. The van der Waals surface area contributed by atoms with E-state index in [1.165, 1.54) is 5.56 Å². The molecule has 162 valence electrons. The summed E-state index contributed by atoms with van der Waals surface area (Å²) in [7, 11) is 0. The molecular weight excluding hydrogens is 437 g/mol. The molecule has 1 aromatic heterocycles. The molecule has 7 nitrogen and oxygen atoms in total. The lowest BCUT2D eigenvalue weighted by Crippen LogP contribution is -2.44. The Morgan fingerprint density at radius 2 is 1.94 bits per heavy atom. The number of piperidine rings is 1. The lowest BCUT2D eigenvalue weighted by atomic mass is 9.74. The summed E-state index contributed by atoms with van der Waals surface area (Å²) in [6, 6.07) is 11.6. The second-order valence-electron chi connectivity index (χ2n) is 8.16. The molecule has 0 aliphatic carbocycles. The van der Waals surface area contributed by atoms with Gasteiger partial charge in [0, 0.05) is 45.6 Å². The molecule has 1 fully saturated rings. The van der Waals surface area contributed by atoms with Crippen LogP contribution in [0, 0.1) is 0 Å². The van der Waals surface area contributed by atoms with Crippen molar-refractivity contribution in [3.8, 4) is 11.5 Å². The molecule has 2 aliphatic heterocycles. The van der Waals surface area contributed by atoms with Crippen LogP contribution >= 0.6 is 23.2 Å². The molecule has 0 unspecified atom stereocenters. The van der Waals surface area contributed by atoms with Gasteiger partial charge in [0.05, 0.1) is 6.61 Å². The van der Waals surface area contributed by atoms with E-state index in [9.17, 15) is 0 Å². The van der Waals surface area contributed by atoms with Crippen LogP contribution < -0.4 is 9.47 Å². The van der Waals surface area contributed by atoms with E-state index in [1.54, 1.807) is 0 Å². The normalized spacial score (nSPS) is 17.5. The van der Waals surface area contributed by atoms with E-state index in [1.807, 2.05) is 30.3 Å². The van der Waals surface area contributed by atoms with Crippen LogP contribution in [-0.2, 0) is 18.4 Å². The van der Waals surface area contributed by atoms with Crippen LogP contribution in [0.1, 0.15) is 29.8 Å². The molecule has 3 heterocycles. The average Bonchev–Trinajstić information content (AvgIpc) is 3.42. The minimum Gasteiger partial charge on any atom is -0.492 e. The topological polar surface area (TPSA) is 76.2 Å². The van der Waals surface area contributed by atoms with Gasteiger partial charge < -0.3 is 14.4 Å². The monoisotopic (exact) mass is 459 g/mol. The van der Waals surface area contributed by atoms with Crippen molar-refractivity contribution in [2.45, 2.75) is 31.3 Å². The van der Waals surface area contributed by atoms with Crippen LogP contribution in [0.2, 0.25) is 10.0 Å². The second kappa shape index (κ2) is 8.65. The Labute approximate surface area is 190 Å². The average molecular weight is 460 g/mol. The quantitative estimate of drug-likeness (QED) is 0.598. The molecule has 2 aliphatic rings. The van der Waals surface area contributed by atoms with Crippen LogP contribution in [0.15, 0.2) is 36.4 Å². The predicted molar refractivity (Wildman–Crippen MR) is 118 cm³/mol. The molecule has 1 saturated heterocycles. The zero-order chi connectivity index (χ0) is 21.3. The van der Waals surface area contributed by atoms with E-state index in [0.717, 1.165) is 68.4 Å². The first-order valence-electron chi connectivity index (χ1n) is 10.4. The maximum absolute atomic E-state index is 6.25. The molecule has 31 heavy (non-hydrogen) atoms. The first kappa shape index (κ1) is 20.5. The third-order valence-electron chi connectivity index (χ3n) is 6.34. The van der Waals surface area contributed by atoms with Gasteiger partial charge in [0.15, 0.2) is 0 Å². The highest BCUT2D eigenvalue weighted by Gasteiger charge is 2.43. The Kier molecular flexibility index (Phi) is 5.73. The number of nitrogens with one attached hydrogen (secondary N) is 1. The molecule has 0 bridgehead atoms. The second-order valence-corrected chi connectivity index (χ2v) is 8.97. The van der Waals surface area contributed by atoms with Gasteiger partial charge in [0.1, 0.15) is 23.9 Å². The SMILES string of the molecule is Clc1cccc(Cl)c1COc1ccc2c(c1)OCC21CCN(CCc2nnn[nH]2)CC1. The van der Waals surface area contributed by atoms with Crippen molar-refractivity contribution in [1.29, 1.82) is 0 Å². The number of hydrogen-bond donors (Lipinski definition) is 1. The molecule has 2 aromatic carbocycles. The summed E-state index contributed by atoms with van der Waals surface area (Å²) in [5.74, 6) is 2.51. The van der Waals surface area contributed by atoms with Crippen molar-refractivity contribution < 1.29 is 9.47 Å². The molecule has 0 radical (unpaired) electrons. The van der Waals surface area contributed by atoms with Gasteiger partial charge >= 0.3 is 0 Å². The summed E-state index contributed by atoms with van der Waals surface area (Å²) in [6.07, 6.45) is 2.98. The van der Waals surface area contributed by atoms with Crippen LogP contribution in [0.3, 0.4) is 0 Å². The standard InChI is InChI=1S/C22H23Cl2N5O2/c23-18-2-1-3-19(24)16(18)13-30-15-4-5-17-20(12-15)31-14-22(17)7-10-29(11-8-22)9-6-21-25-27-28-26-21/h1-5,12H,6-11,13-14H2,(H,25,26,27,28). The lowest BCUT2D eigenvalue weighted by Gasteiger charge is -2.38. The maximum Gasteiger partial charge on any atom is 0.149 e. The summed E-state index contributed by atoms with van der Waals surface area (Å²) in [5.41, 5.74) is 2.16. The number of nitrogens with zero attached hydrogens (tertiary/aromatic N) is 4. The van der Waals surface area contributed by atoms with Crippen LogP contribution in [0.25, 0.3) is 0 Å². The molecular formula is C22H23Cl2N5O2. The number of rotatable bonds is 6. The fourth-order valence-electron chi connectivity index (χ4n) is 4.44. The highest BCUT2D eigenvalue weighted by atomic mass is 35.5. The Balaban J connectivity index is 1.21. The van der Waals surface area contributed by atoms with Gasteiger partial charge in [0.25, 0.3) is 0 Å². The van der Waals surface area contributed by atoms with Crippen molar-refractivity contribution in [2.24, 2.45) is 0 Å². The number of tetrazole rings is 1. The van der Waals surface area contributed by atoms with Gasteiger partial charge in [-0.25, -0.2) is 5.10 Å². The number of hydrogen-bond acceptors (Lipinski definition) is 6. The first-order valence-corrected chi connectivity index (χ1v) is 11.2. The van der Waals surface area contributed by atoms with E-state index >= 15 is 0 Å². The molecule has 9 heteroatoms. The third-order valence-corrected chi connectivity index (χ3v) is 7.05. The number of fused-ring (bicyclic) bond motifs is 2. The molecule has 0 saturated carbocycles. The maximum atomic E-state index is 6.25. The Bertz CT molecular complexity index is 1030. The van der Waals surface area contributed by atoms with E-state index in [4.69, 9.17) is 32.7 Å². The number of halogens is 2. The number of ether oxygens (including phenoxy) is 2. The van der Waals surface area contributed by atoms with Crippen molar-refractivity contribution in [1.82, 2.24) is 25.5 Å². The largest absolute Gasteiger partial charge is 0.492 e. The molecule has 5 rings (SSSR count). The molecule has 3 aromatic rings. The molecule has 0 amide bonds. The summed E-state index contributed by atoms with van der Waals surface area (Å²) in [6.45, 7) is 4.07. The summed E-state index contributed by atoms with van der Waals surface area (Å²) in [4.78, 5) is 2.47. The fourth-order valence-corrected chi connectivity index (χ4v) is 4.94. The van der Waals surface area contributed by atoms with Gasteiger partial charge in [-0.05, 0) is 54.6 Å². The Morgan fingerprint density at radius 1 is 1.13 bits per heavy atom. The Hall–Kier alpha value is -2.35. The predicted octanol–water partition coefficient (Wildman–Crippen LogP) is 4.05. The number of H-pyrrole nitrogens is 1. The van der Waals surface area contributed by atoms with Crippen LogP contribution in [-0.4, -0.2) is 51.8 Å². The van der Waals surface area contributed by atoms with Gasteiger partial charge in [-0.2, -0.15) is 0 Å². The zero-order valence-electron chi connectivity index (χ0n) is 17.0. The molecule has 0 atom stereocenters. The number of aromatic nitrogens is 4. The molecule has 1 spiro atoms. The van der Waals surface area contributed by atoms with E-state index < -0.39 is 0 Å². The number of likely N-dealkylation sites (tertiary alicyclic amines) is 1. The van der Waals surface area contributed by atoms with E-state index in [-0.39, 0.29) is 5.41 Å². The number of benzene rings is 2. The lowest BCUT2D eigenvalue weighted by molar-refractivity contribution is 0.136. The highest BCUT2D eigenvalue weighted by Crippen LogP contribution is 2.46. The van der Waals surface area contributed by atoms with E-state index in [2.05, 4.69) is 31.6 Å². The van der Waals surface area contributed by atoms with Crippen molar-refractivity contribution in [3.63, 3.8) is 0 Å². The third kappa shape index (κ3) is 4.22. The van der Waals surface area contributed by atoms with Gasteiger partial charge in [0.2, 0.25) is 0 Å². The summed E-state index contributed by atoms with van der Waals surface area (Å²) < 4.78 is 12.1. The minimum absolute atomic E-state index is 0.0875. The Morgan fingerprint density at radius 3 is 2.68 bits per heavy atom. The van der Waals surface area contributed by atoms with E-state index in [0.29, 0.717) is 16.7 Å². The van der Waals surface area contributed by atoms with Crippen LogP contribution in [0.5, 0.6) is 11.5 Å². The van der Waals surface area contributed by atoms with Crippen molar-refractivity contribution in [3.05, 3.63) is 63.4 Å². The summed E-state index contributed by atoms with van der Waals surface area (Å²) >= 11 is 12.5. The first-order chi connectivity index (χ1) is 15.1. The van der Waals surface area contributed by atoms with Gasteiger partial charge in [-0.15, -0.1) is 5.10 Å². The fraction of sp³-hybridized carbons (Fsp3) is 0.409. The van der Waals surface area contributed by atoms with Crippen LogP contribution in [0.4, 0.5) is 0 Å². The highest BCUT2D eigenvalue weighted by molar-refractivity contribution is 6.35. The molecule has 1 N–H and O–H groups in total. The minimum atomic E-state index is 0.0875. The van der Waals surface area contributed by atoms with Gasteiger partial charge in [-0.3, -0.25) is 0 Å². The summed E-state index contributed by atoms with van der Waals surface area (Å²) in [5, 5.41) is 15.3. The van der Waals surface area contributed by atoms with Crippen molar-refractivity contribution >= 4 is 23.2 Å². The van der Waals surface area contributed by atoms with Gasteiger partial charge in [-0.1, -0.05) is 35.3 Å².